The molecule has 0 aliphatic carbocycles. The zero-order valence-corrected chi connectivity index (χ0v) is 10.5. The van der Waals surface area contributed by atoms with Crippen molar-refractivity contribution in [2.45, 2.75) is 24.6 Å². The van der Waals surface area contributed by atoms with E-state index < -0.39 is 0 Å². The van der Waals surface area contributed by atoms with Crippen molar-refractivity contribution in [1.29, 1.82) is 0 Å². The summed E-state index contributed by atoms with van der Waals surface area (Å²) >= 11 is 3.47. The molecule has 0 unspecified atom stereocenters. The zero-order chi connectivity index (χ0) is 11.7. The molecular weight excluding hydrogens is 270 g/mol. The molecule has 1 aromatic carbocycles. The van der Waals surface area contributed by atoms with Gasteiger partial charge in [0.05, 0.1) is 5.69 Å². The summed E-state index contributed by atoms with van der Waals surface area (Å²) < 4.78 is 0. The number of benzene rings is 1. The second-order valence-electron chi connectivity index (χ2n) is 3.80. The molecule has 1 heterocycles. The SMILES string of the molecule is C[C@@H](Br)c1ccccc1N1C(=O)CCC1=O. The second kappa shape index (κ2) is 4.37. The van der Waals surface area contributed by atoms with Gasteiger partial charge < -0.3 is 0 Å². The van der Waals surface area contributed by atoms with Crippen LogP contribution < -0.4 is 4.90 Å². The summed E-state index contributed by atoms with van der Waals surface area (Å²) in [6.45, 7) is 1.98. The van der Waals surface area contributed by atoms with Crippen LogP contribution in [0.1, 0.15) is 30.2 Å². The average molecular weight is 282 g/mol. The molecule has 0 N–H and O–H groups in total. The van der Waals surface area contributed by atoms with E-state index >= 15 is 0 Å². The number of anilines is 1. The molecule has 0 bridgehead atoms. The van der Waals surface area contributed by atoms with Gasteiger partial charge in [0.15, 0.2) is 0 Å². The van der Waals surface area contributed by atoms with E-state index in [0.717, 1.165) is 5.56 Å². The van der Waals surface area contributed by atoms with E-state index in [1.807, 2.05) is 31.2 Å². The lowest BCUT2D eigenvalue weighted by Crippen LogP contribution is -2.29. The van der Waals surface area contributed by atoms with E-state index in [2.05, 4.69) is 15.9 Å². The van der Waals surface area contributed by atoms with Gasteiger partial charge in [-0.2, -0.15) is 0 Å². The Morgan fingerprint density at radius 1 is 1.19 bits per heavy atom. The molecule has 84 valence electrons. The van der Waals surface area contributed by atoms with Crippen molar-refractivity contribution in [3.8, 4) is 0 Å². The van der Waals surface area contributed by atoms with E-state index in [1.54, 1.807) is 0 Å². The zero-order valence-electron chi connectivity index (χ0n) is 8.94. The summed E-state index contributed by atoms with van der Waals surface area (Å²) in [5.74, 6) is -0.212. The maximum atomic E-state index is 11.6. The van der Waals surface area contributed by atoms with Crippen LogP contribution in [-0.4, -0.2) is 11.8 Å². The van der Waals surface area contributed by atoms with Gasteiger partial charge >= 0.3 is 0 Å². The number of rotatable bonds is 2. The highest BCUT2D eigenvalue weighted by Gasteiger charge is 2.31. The molecular formula is C12H12BrNO2. The number of nitrogens with zero attached hydrogens (tertiary/aromatic N) is 1. The Hall–Kier alpha value is -1.16. The van der Waals surface area contributed by atoms with Crippen LogP contribution in [0, 0.1) is 0 Å². The standard InChI is InChI=1S/C12H12BrNO2/c1-8(13)9-4-2-3-5-10(9)14-11(15)6-7-12(14)16/h2-5,8H,6-7H2,1H3/t8-/m1/s1. The fourth-order valence-corrected chi connectivity index (χ4v) is 2.26. The van der Waals surface area contributed by atoms with Crippen LogP contribution in [0.25, 0.3) is 0 Å². The molecule has 0 saturated carbocycles. The molecule has 0 spiro atoms. The van der Waals surface area contributed by atoms with Crippen LogP contribution in [0.3, 0.4) is 0 Å². The van der Waals surface area contributed by atoms with Gasteiger partial charge in [-0.05, 0) is 18.6 Å². The van der Waals surface area contributed by atoms with Gasteiger partial charge in [-0.15, -0.1) is 0 Å². The van der Waals surface area contributed by atoms with Crippen molar-refractivity contribution in [3.63, 3.8) is 0 Å². The molecule has 0 aromatic heterocycles. The summed E-state index contributed by atoms with van der Waals surface area (Å²) in [6.07, 6.45) is 0.646. The number of halogens is 1. The molecule has 1 aliphatic heterocycles. The minimum absolute atomic E-state index is 0.106. The fourth-order valence-electron chi connectivity index (χ4n) is 1.87. The number of amides is 2. The van der Waals surface area contributed by atoms with Gasteiger partial charge in [-0.1, -0.05) is 34.1 Å². The number of alkyl halides is 1. The number of hydrogen-bond donors (Lipinski definition) is 0. The number of carbonyl (C=O) groups is 2. The lowest BCUT2D eigenvalue weighted by Gasteiger charge is -2.19. The van der Waals surface area contributed by atoms with Gasteiger partial charge in [0.2, 0.25) is 11.8 Å². The summed E-state index contributed by atoms with van der Waals surface area (Å²) in [5, 5.41) is 0. The van der Waals surface area contributed by atoms with Gasteiger partial charge in [0, 0.05) is 17.7 Å². The molecule has 1 saturated heterocycles. The topological polar surface area (TPSA) is 37.4 Å². The highest BCUT2D eigenvalue weighted by atomic mass is 79.9. The highest BCUT2D eigenvalue weighted by Crippen LogP contribution is 2.33. The van der Waals surface area contributed by atoms with Crippen molar-refractivity contribution >= 4 is 33.4 Å². The Balaban J connectivity index is 2.47. The number of hydrogen-bond acceptors (Lipinski definition) is 2. The summed E-state index contributed by atoms with van der Waals surface area (Å²) in [5.41, 5.74) is 1.67. The number of imide groups is 1. The predicted molar refractivity (Wildman–Crippen MR) is 65.5 cm³/mol. The second-order valence-corrected chi connectivity index (χ2v) is 5.17. The maximum absolute atomic E-state index is 11.6. The molecule has 1 aromatic rings. The molecule has 4 heteroatoms. The molecule has 1 fully saturated rings. The maximum Gasteiger partial charge on any atom is 0.234 e. The minimum atomic E-state index is -0.106. The van der Waals surface area contributed by atoms with E-state index in [4.69, 9.17) is 0 Å². The predicted octanol–water partition coefficient (Wildman–Crippen LogP) is 2.80. The Bertz CT molecular complexity index is 426. The van der Waals surface area contributed by atoms with E-state index in [9.17, 15) is 9.59 Å². The minimum Gasteiger partial charge on any atom is -0.274 e. The first-order valence-corrected chi connectivity index (χ1v) is 6.11. The lowest BCUT2D eigenvalue weighted by atomic mass is 10.1. The van der Waals surface area contributed by atoms with Crippen molar-refractivity contribution in [3.05, 3.63) is 29.8 Å². The monoisotopic (exact) mass is 281 g/mol. The molecule has 0 radical (unpaired) electrons. The third-order valence-corrected chi connectivity index (χ3v) is 3.15. The van der Waals surface area contributed by atoms with Crippen LogP contribution in [0.5, 0.6) is 0 Å². The summed E-state index contributed by atoms with van der Waals surface area (Å²) in [4.78, 5) is 24.7. The molecule has 2 rings (SSSR count). The Morgan fingerprint density at radius 2 is 1.75 bits per heavy atom. The van der Waals surface area contributed by atoms with Crippen LogP contribution in [0.2, 0.25) is 0 Å². The summed E-state index contributed by atoms with van der Waals surface area (Å²) in [6, 6.07) is 7.48. The Morgan fingerprint density at radius 3 is 2.31 bits per heavy atom. The number of carbonyl (C=O) groups excluding carboxylic acids is 2. The Labute approximate surface area is 103 Å². The molecule has 1 aliphatic rings. The first kappa shape index (κ1) is 11.3. The van der Waals surface area contributed by atoms with Crippen LogP contribution in [-0.2, 0) is 9.59 Å². The van der Waals surface area contributed by atoms with Gasteiger partial charge in [-0.3, -0.25) is 14.5 Å². The fraction of sp³-hybridized carbons (Fsp3) is 0.333. The first-order valence-electron chi connectivity index (χ1n) is 5.20. The van der Waals surface area contributed by atoms with E-state index in [1.165, 1.54) is 4.90 Å². The average Bonchev–Trinajstić information content (AvgIpc) is 2.58. The third kappa shape index (κ3) is 1.89. The first-order chi connectivity index (χ1) is 7.61. The van der Waals surface area contributed by atoms with Gasteiger partial charge in [0.25, 0.3) is 0 Å². The van der Waals surface area contributed by atoms with Crippen LogP contribution in [0.15, 0.2) is 24.3 Å². The summed E-state index contributed by atoms with van der Waals surface area (Å²) in [7, 11) is 0. The highest BCUT2D eigenvalue weighted by molar-refractivity contribution is 9.09. The Kier molecular flexibility index (Phi) is 3.10. The van der Waals surface area contributed by atoms with Crippen molar-refractivity contribution in [2.24, 2.45) is 0 Å². The van der Waals surface area contributed by atoms with Gasteiger partial charge in [-0.25, -0.2) is 0 Å². The molecule has 1 atom stereocenters. The van der Waals surface area contributed by atoms with E-state index in [-0.39, 0.29) is 16.6 Å². The van der Waals surface area contributed by atoms with Gasteiger partial charge in [0.1, 0.15) is 0 Å². The normalized spacial score (nSPS) is 18.0. The third-order valence-electron chi connectivity index (χ3n) is 2.66. The van der Waals surface area contributed by atoms with Crippen molar-refractivity contribution in [1.82, 2.24) is 0 Å². The van der Waals surface area contributed by atoms with E-state index in [0.29, 0.717) is 18.5 Å². The quantitative estimate of drug-likeness (QED) is 0.618. The van der Waals surface area contributed by atoms with Crippen LogP contribution in [0.4, 0.5) is 5.69 Å². The molecule has 16 heavy (non-hydrogen) atoms. The smallest absolute Gasteiger partial charge is 0.234 e. The number of para-hydroxylation sites is 1. The largest absolute Gasteiger partial charge is 0.274 e. The molecule has 3 nitrogen and oxygen atoms in total. The molecule has 2 amide bonds. The van der Waals surface area contributed by atoms with Crippen molar-refractivity contribution in [2.75, 3.05) is 4.90 Å². The lowest BCUT2D eigenvalue weighted by molar-refractivity contribution is -0.121. The van der Waals surface area contributed by atoms with Crippen LogP contribution >= 0.6 is 15.9 Å². The van der Waals surface area contributed by atoms with Crippen molar-refractivity contribution < 1.29 is 9.59 Å².